The number of aromatic nitrogens is 1. The second kappa shape index (κ2) is 7.39. The van der Waals surface area contributed by atoms with Crippen molar-refractivity contribution in [2.75, 3.05) is 24.5 Å². The zero-order valence-electron chi connectivity index (χ0n) is 15.5. The zero-order chi connectivity index (χ0) is 18.1. The van der Waals surface area contributed by atoms with Gasteiger partial charge in [0.2, 0.25) is 5.91 Å². The van der Waals surface area contributed by atoms with Crippen molar-refractivity contribution >= 4 is 22.4 Å². The molecule has 0 saturated carbocycles. The molecule has 0 bridgehead atoms. The summed E-state index contributed by atoms with van der Waals surface area (Å²) in [5.74, 6) is 1.91. The average molecular weight is 370 g/mol. The molecule has 1 aromatic carbocycles. The summed E-state index contributed by atoms with van der Waals surface area (Å²) in [6, 6.07) is 10.8. The van der Waals surface area contributed by atoms with Gasteiger partial charge in [-0.25, -0.2) is 4.98 Å². The second-order valence-corrected chi connectivity index (χ2v) is 8.85. The highest BCUT2D eigenvalue weighted by molar-refractivity contribution is 7.13. The molecule has 2 aliphatic heterocycles. The van der Waals surface area contributed by atoms with Gasteiger partial charge in [0.1, 0.15) is 0 Å². The second-order valence-electron chi connectivity index (χ2n) is 7.98. The first-order chi connectivity index (χ1) is 12.6. The molecule has 2 aromatic rings. The van der Waals surface area contributed by atoms with Crippen molar-refractivity contribution in [1.82, 2.24) is 9.88 Å². The summed E-state index contributed by atoms with van der Waals surface area (Å²) in [4.78, 5) is 22.0. The van der Waals surface area contributed by atoms with Crippen molar-refractivity contribution < 1.29 is 4.79 Å². The van der Waals surface area contributed by atoms with Crippen molar-refractivity contribution in [3.05, 3.63) is 47.5 Å². The van der Waals surface area contributed by atoms with E-state index in [1.165, 1.54) is 5.56 Å². The highest BCUT2D eigenvalue weighted by atomic mass is 32.1. The van der Waals surface area contributed by atoms with Crippen LogP contribution in [0.15, 0.2) is 41.9 Å². The molecule has 1 amide bonds. The number of hydrogen-bond donors (Lipinski definition) is 0. The maximum Gasteiger partial charge on any atom is 0.223 e. The van der Waals surface area contributed by atoms with E-state index in [-0.39, 0.29) is 6.04 Å². The normalized spacial score (nSPS) is 25.1. The minimum Gasteiger partial charge on any atom is -0.347 e. The number of hydrogen-bond acceptors (Lipinski definition) is 4. The number of likely N-dealkylation sites (tertiary alicyclic amines) is 1. The Morgan fingerprint density at radius 3 is 2.73 bits per heavy atom. The molecule has 3 atom stereocenters. The minimum absolute atomic E-state index is 0.200. The van der Waals surface area contributed by atoms with Crippen LogP contribution in [0.3, 0.4) is 0 Å². The van der Waals surface area contributed by atoms with Crippen molar-refractivity contribution in [3.8, 4) is 0 Å². The van der Waals surface area contributed by atoms with Gasteiger partial charge in [-0.2, -0.15) is 0 Å². The van der Waals surface area contributed by atoms with E-state index in [0.29, 0.717) is 30.1 Å². The monoisotopic (exact) mass is 369 g/mol. The third-order valence-electron chi connectivity index (χ3n) is 5.75. The van der Waals surface area contributed by atoms with Gasteiger partial charge < -0.3 is 9.80 Å². The lowest BCUT2D eigenvalue weighted by molar-refractivity contribution is -0.132. The van der Waals surface area contributed by atoms with Crippen LogP contribution in [0.25, 0.3) is 0 Å². The fourth-order valence-electron chi connectivity index (χ4n) is 4.46. The summed E-state index contributed by atoms with van der Waals surface area (Å²) in [5, 5.41) is 3.16. The number of amides is 1. The molecule has 138 valence electrons. The number of thiazole rings is 1. The van der Waals surface area contributed by atoms with Gasteiger partial charge in [-0.3, -0.25) is 4.79 Å². The molecule has 4 nitrogen and oxygen atoms in total. The lowest BCUT2D eigenvalue weighted by Gasteiger charge is -2.30. The maximum atomic E-state index is 13.0. The Kier molecular flexibility index (Phi) is 4.98. The topological polar surface area (TPSA) is 36.4 Å². The SMILES string of the molecule is CC(C)CCC(=O)N1C[C@@H]2CN(c3nccs3)C[C@@H]2[C@H]1c1ccccc1. The molecule has 5 heteroatoms. The van der Waals surface area contributed by atoms with E-state index in [2.05, 4.69) is 59.0 Å². The van der Waals surface area contributed by atoms with E-state index in [4.69, 9.17) is 0 Å². The summed E-state index contributed by atoms with van der Waals surface area (Å²) in [6.45, 7) is 7.25. The first-order valence-corrected chi connectivity index (χ1v) is 10.5. The summed E-state index contributed by atoms with van der Waals surface area (Å²) >= 11 is 1.71. The van der Waals surface area contributed by atoms with Gasteiger partial charge in [0.25, 0.3) is 0 Å². The lowest BCUT2D eigenvalue weighted by Crippen LogP contribution is -2.35. The fraction of sp³-hybridized carbons (Fsp3) is 0.524. The predicted octanol–water partition coefficient (Wildman–Crippen LogP) is 4.22. The quantitative estimate of drug-likeness (QED) is 0.792. The third-order valence-corrected chi connectivity index (χ3v) is 6.58. The Balaban J connectivity index is 1.56. The van der Waals surface area contributed by atoms with Crippen molar-refractivity contribution in [2.24, 2.45) is 17.8 Å². The van der Waals surface area contributed by atoms with Crippen LogP contribution >= 0.6 is 11.3 Å². The van der Waals surface area contributed by atoms with Gasteiger partial charge in [-0.1, -0.05) is 44.2 Å². The average Bonchev–Trinajstić information content (AvgIpc) is 3.35. The largest absolute Gasteiger partial charge is 0.347 e. The molecular weight excluding hydrogens is 342 g/mol. The molecule has 3 heterocycles. The molecule has 0 unspecified atom stereocenters. The number of carbonyl (C=O) groups excluding carboxylic acids is 1. The standard InChI is InChI=1S/C21H27N3OS/c1-15(2)8-9-19(25)24-13-17-12-23(21-22-10-11-26-21)14-18(17)20(24)16-6-4-3-5-7-16/h3-7,10-11,15,17-18,20H,8-9,12-14H2,1-2H3/t17-,18-,20+/m0/s1. The number of carbonyl (C=O) groups is 1. The molecular formula is C21H27N3OS. The van der Waals surface area contributed by atoms with Crippen LogP contribution in [0.1, 0.15) is 38.3 Å². The highest BCUT2D eigenvalue weighted by Gasteiger charge is 2.49. The van der Waals surface area contributed by atoms with E-state index in [0.717, 1.165) is 31.2 Å². The first-order valence-electron chi connectivity index (χ1n) is 9.62. The van der Waals surface area contributed by atoms with Gasteiger partial charge in [-0.15, -0.1) is 11.3 Å². The van der Waals surface area contributed by atoms with E-state index in [1.807, 2.05) is 11.6 Å². The van der Waals surface area contributed by atoms with Crippen LogP contribution in [0.4, 0.5) is 5.13 Å². The van der Waals surface area contributed by atoms with Gasteiger partial charge >= 0.3 is 0 Å². The molecule has 0 radical (unpaired) electrons. The number of fused-ring (bicyclic) bond motifs is 1. The van der Waals surface area contributed by atoms with E-state index < -0.39 is 0 Å². The zero-order valence-corrected chi connectivity index (χ0v) is 16.4. The molecule has 2 fully saturated rings. The molecule has 2 aliphatic rings. The van der Waals surface area contributed by atoms with Crippen LogP contribution in [-0.2, 0) is 4.79 Å². The molecule has 0 spiro atoms. The summed E-state index contributed by atoms with van der Waals surface area (Å²) in [5.41, 5.74) is 1.28. The van der Waals surface area contributed by atoms with E-state index >= 15 is 0 Å². The number of nitrogens with zero attached hydrogens (tertiary/aromatic N) is 3. The first kappa shape index (κ1) is 17.5. The van der Waals surface area contributed by atoms with Gasteiger partial charge in [0.05, 0.1) is 6.04 Å². The Morgan fingerprint density at radius 1 is 1.23 bits per heavy atom. The van der Waals surface area contributed by atoms with Crippen LogP contribution in [0.5, 0.6) is 0 Å². The molecule has 2 saturated heterocycles. The lowest BCUT2D eigenvalue weighted by atomic mass is 9.89. The summed E-state index contributed by atoms with van der Waals surface area (Å²) in [7, 11) is 0. The van der Waals surface area contributed by atoms with Crippen LogP contribution in [0.2, 0.25) is 0 Å². The Bertz CT molecular complexity index is 731. The third kappa shape index (κ3) is 3.37. The fourth-order valence-corrected chi connectivity index (χ4v) is 5.13. The number of benzene rings is 1. The van der Waals surface area contributed by atoms with Crippen molar-refractivity contribution in [1.29, 1.82) is 0 Å². The van der Waals surface area contributed by atoms with Gasteiger partial charge in [-0.05, 0) is 17.9 Å². The van der Waals surface area contributed by atoms with E-state index in [9.17, 15) is 4.79 Å². The smallest absolute Gasteiger partial charge is 0.223 e. The molecule has 4 rings (SSSR count). The summed E-state index contributed by atoms with van der Waals surface area (Å²) < 4.78 is 0. The molecule has 26 heavy (non-hydrogen) atoms. The minimum atomic E-state index is 0.200. The van der Waals surface area contributed by atoms with Gasteiger partial charge in [0.15, 0.2) is 5.13 Å². The Labute approximate surface area is 159 Å². The number of anilines is 1. The predicted molar refractivity (Wildman–Crippen MR) is 106 cm³/mol. The van der Waals surface area contributed by atoms with E-state index in [1.54, 1.807) is 11.3 Å². The van der Waals surface area contributed by atoms with Crippen LogP contribution < -0.4 is 4.90 Å². The van der Waals surface area contributed by atoms with Gasteiger partial charge in [0, 0.05) is 49.5 Å². The molecule has 0 N–H and O–H groups in total. The molecule has 1 aromatic heterocycles. The maximum absolute atomic E-state index is 13.0. The Hall–Kier alpha value is -1.88. The molecule has 0 aliphatic carbocycles. The number of rotatable bonds is 5. The van der Waals surface area contributed by atoms with Crippen molar-refractivity contribution in [2.45, 2.75) is 32.7 Å². The van der Waals surface area contributed by atoms with Crippen LogP contribution in [-0.4, -0.2) is 35.4 Å². The highest BCUT2D eigenvalue weighted by Crippen LogP contribution is 2.46. The van der Waals surface area contributed by atoms with Crippen LogP contribution in [0, 0.1) is 17.8 Å². The Morgan fingerprint density at radius 2 is 2.04 bits per heavy atom. The van der Waals surface area contributed by atoms with Crippen molar-refractivity contribution in [3.63, 3.8) is 0 Å². The summed E-state index contributed by atoms with van der Waals surface area (Å²) in [6.07, 6.45) is 3.51.